The number of hydrogen-bond donors (Lipinski definition) is 1. The minimum absolute atomic E-state index is 0.0987. The lowest BCUT2D eigenvalue weighted by Gasteiger charge is -2.39. The minimum atomic E-state index is -0.0987. The van der Waals surface area contributed by atoms with Crippen molar-refractivity contribution in [3.63, 3.8) is 0 Å². The molecule has 4 nitrogen and oxygen atoms in total. The Labute approximate surface area is 191 Å². The van der Waals surface area contributed by atoms with Gasteiger partial charge in [0, 0.05) is 11.7 Å². The van der Waals surface area contributed by atoms with Crippen molar-refractivity contribution in [2.24, 2.45) is 5.92 Å². The molecule has 1 unspecified atom stereocenters. The third kappa shape index (κ3) is 4.54. The van der Waals surface area contributed by atoms with Crippen LogP contribution in [-0.4, -0.2) is 29.5 Å². The second-order valence-corrected chi connectivity index (χ2v) is 9.90. The molecular weight excluding hydrogens is 460 g/mol. The van der Waals surface area contributed by atoms with Gasteiger partial charge in [-0.1, -0.05) is 55.8 Å². The van der Waals surface area contributed by atoms with E-state index in [4.69, 9.17) is 4.74 Å². The van der Waals surface area contributed by atoms with Crippen molar-refractivity contribution in [3.8, 4) is 5.75 Å². The highest BCUT2D eigenvalue weighted by molar-refractivity contribution is 9.10. The number of para-hydroxylation sites is 1. The average Bonchev–Trinajstić information content (AvgIpc) is 3.04. The standard InChI is InChI=1S/C24H27BrN2O2S/c1-16-8-6-7-11-20(16)27-23(28)22(15-17-12-13-21(29-2)19(25)14-17)30-24(27)26-18-9-4-3-5-10-18/h3-5,9-10,12-16,20,24,26H,6-8,11H2,1-2H3/b22-15-/t16-,20+,24?/m1/s1. The Morgan fingerprint density at radius 2 is 1.93 bits per heavy atom. The smallest absolute Gasteiger partial charge is 0.262 e. The molecule has 1 saturated heterocycles. The Morgan fingerprint density at radius 3 is 2.63 bits per heavy atom. The summed E-state index contributed by atoms with van der Waals surface area (Å²) in [5.74, 6) is 1.42. The summed E-state index contributed by atoms with van der Waals surface area (Å²) in [7, 11) is 1.65. The summed E-state index contributed by atoms with van der Waals surface area (Å²) in [5, 5.41) is 3.58. The summed E-state index contributed by atoms with van der Waals surface area (Å²) in [5.41, 5.74) is 1.92. The van der Waals surface area contributed by atoms with E-state index in [0.717, 1.165) is 32.8 Å². The third-order valence-electron chi connectivity index (χ3n) is 5.90. The highest BCUT2D eigenvalue weighted by atomic mass is 79.9. The van der Waals surface area contributed by atoms with Crippen molar-refractivity contribution in [1.82, 2.24) is 4.90 Å². The number of methoxy groups -OCH3 is 1. The molecule has 0 radical (unpaired) electrons. The number of nitrogens with one attached hydrogen (secondary N) is 1. The topological polar surface area (TPSA) is 41.6 Å². The lowest BCUT2D eigenvalue weighted by Crippen LogP contribution is -2.48. The number of rotatable bonds is 5. The number of carbonyl (C=O) groups excluding carboxylic acids is 1. The largest absolute Gasteiger partial charge is 0.496 e. The monoisotopic (exact) mass is 486 g/mol. The maximum Gasteiger partial charge on any atom is 0.262 e. The molecule has 30 heavy (non-hydrogen) atoms. The second-order valence-electron chi connectivity index (χ2n) is 7.92. The van der Waals surface area contributed by atoms with Gasteiger partial charge in [-0.05, 0) is 70.6 Å². The Balaban J connectivity index is 1.64. The summed E-state index contributed by atoms with van der Waals surface area (Å²) in [6.07, 6.45) is 6.69. The molecular formula is C24H27BrN2O2S. The fraction of sp³-hybridized carbons (Fsp3) is 0.375. The normalized spacial score (nSPS) is 25.6. The van der Waals surface area contributed by atoms with Crippen LogP contribution in [-0.2, 0) is 4.79 Å². The van der Waals surface area contributed by atoms with Crippen LogP contribution in [0, 0.1) is 5.92 Å². The van der Waals surface area contributed by atoms with Crippen molar-refractivity contribution in [1.29, 1.82) is 0 Å². The van der Waals surface area contributed by atoms with Crippen LogP contribution in [0.5, 0.6) is 5.75 Å². The number of carbonyl (C=O) groups is 1. The first kappa shape index (κ1) is 21.3. The zero-order valence-electron chi connectivity index (χ0n) is 17.3. The molecule has 0 bridgehead atoms. The van der Waals surface area contributed by atoms with Crippen molar-refractivity contribution < 1.29 is 9.53 Å². The summed E-state index contributed by atoms with van der Waals surface area (Å²) in [6, 6.07) is 16.3. The van der Waals surface area contributed by atoms with Crippen LogP contribution in [0.2, 0.25) is 0 Å². The number of hydrogen-bond acceptors (Lipinski definition) is 4. The number of halogens is 1. The third-order valence-corrected chi connectivity index (χ3v) is 7.63. The van der Waals surface area contributed by atoms with E-state index in [-0.39, 0.29) is 17.4 Å². The maximum absolute atomic E-state index is 13.5. The molecule has 2 aromatic carbocycles. The van der Waals surface area contributed by atoms with E-state index in [1.807, 2.05) is 42.5 Å². The predicted molar refractivity (Wildman–Crippen MR) is 128 cm³/mol. The van der Waals surface area contributed by atoms with E-state index in [9.17, 15) is 4.79 Å². The van der Waals surface area contributed by atoms with Crippen LogP contribution in [0.3, 0.4) is 0 Å². The Bertz CT molecular complexity index is 934. The molecule has 158 valence electrons. The molecule has 2 aliphatic rings. The molecule has 0 spiro atoms. The van der Waals surface area contributed by atoms with Gasteiger partial charge in [-0.15, -0.1) is 0 Å². The fourth-order valence-corrected chi connectivity index (χ4v) is 6.06. The number of nitrogens with zero attached hydrogens (tertiary/aromatic N) is 1. The van der Waals surface area contributed by atoms with Gasteiger partial charge in [0.25, 0.3) is 5.91 Å². The van der Waals surface area contributed by atoms with Gasteiger partial charge < -0.3 is 15.0 Å². The quantitative estimate of drug-likeness (QED) is 0.499. The van der Waals surface area contributed by atoms with E-state index in [1.165, 1.54) is 19.3 Å². The highest BCUT2D eigenvalue weighted by Crippen LogP contribution is 2.42. The number of thioether (sulfide) groups is 1. The van der Waals surface area contributed by atoms with Crippen LogP contribution in [0.25, 0.3) is 6.08 Å². The van der Waals surface area contributed by atoms with E-state index in [2.05, 4.69) is 45.2 Å². The summed E-state index contributed by atoms with van der Waals surface area (Å²) >= 11 is 5.15. The molecule has 1 aliphatic carbocycles. The van der Waals surface area contributed by atoms with Gasteiger partial charge in [-0.3, -0.25) is 4.79 Å². The fourth-order valence-electron chi connectivity index (χ4n) is 4.29. The first-order valence-corrected chi connectivity index (χ1v) is 12.1. The molecule has 1 aliphatic heterocycles. The van der Waals surface area contributed by atoms with Gasteiger partial charge in [0.05, 0.1) is 16.5 Å². The molecule has 3 atom stereocenters. The van der Waals surface area contributed by atoms with Crippen molar-refractivity contribution in [2.45, 2.75) is 44.1 Å². The van der Waals surface area contributed by atoms with Crippen molar-refractivity contribution in [2.75, 3.05) is 12.4 Å². The summed E-state index contributed by atoms with van der Waals surface area (Å²) in [4.78, 5) is 16.4. The van der Waals surface area contributed by atoms with Gasteiger partial charge in [0.1, 0.15) is 5.75 Å². The first-order chi connectivity index (χ1) is 14.6. The first-order valence-electron chi connectivity index (χ1n) is 10.4. The Kier molecular flexibility index (Phi) is 6.74. The molecule has 2 aromatic rings. The molecule has 6 heteroatoms. The highest BCUT2D eigenvalue weighted by Gasteiger charge is 2.42. The SMILES string of the molecule is COc1ccc(/C=C2\SC(Nc3ccccc3)N([C@H]3CCCC[C@H]3C)C2=O)cc1Br. The number of benzene rings is 2. The van der Waals surface area contributed by atoms with Crippen molar-refractivity contribution in [3.05, 3.63) is 63.5 Å². The van der Waals surface area contributed by atoms with Crippen molar-refractivity contribution >= 4 is 45.4 Å². The lowest BCUT2D eigenvalue weighted by atomic mass is 9.85. The molecule has 1 saturated carbocycles. The molecule has 1 amide bonds. The van der Waals surface area contributed by atoms with Crippen LogP contribution >= 0.6 is 27.7 Å². The van der Waals surface area contributed by atoms with Crippen LogP contribution in [0.1, 0.15) is 38.2 Å². The molecule has 2 fully saturated rings. The number of amides is 1. The maximum atomic E-state index is 13.5. The van der Waals surface area contributed by atoms with E-state index >= 15 is 0 Å². The Hall–Kier alpha value is -1.92. The zero-order chi connectivity index (χ0) is 21.1. The van der Waals surface area contributed by atoms with Gasteiger partial charge in [-0.2, -0.15) is 0 Å². The molecule has 1 heterocycles. The predicted octanol–water partition coefficient (Wildman–Crippen LogP) is 6.35. The molecule has 1 N–H and O–H groups in total. The van der Waals surface area contributed by atoms with Gasteiger partial charge in [-0.25, -0.2) is 0 Å². The second kappa shape index (κ2) is 9.48. The van der Waals surface area contributed by atoms with Crippen LogP contribution in [0.4, 0.5) is 5.69 Å². The lowest BCUT2D eigenvalue weighted by molar-refractivity contribution is -0.129. The van der Waals surface area contributed by atoms with E-state index in [0.29, 0.717) is 5.92 Å². The summed E-state index contributed by atoms with van der Waals surface area (Å²) < 4.78 is 6.21. The minimum Gasteiger partial charge on any atom is -0.496 e. The zero-order valence-corrected chi connectivity index (χ0v) is 19.7. The van der Waals surface area contributed by atoms with Gasteiger partial charge >= 0.3 is 0 Å². The van der Waals surface area contributed by atoms with E-state index in [1.54, 1.807) is 18.9 Å². The number of anilines is 1. The molecule has 0 aromatic heterocycles. The van der Waals surface area contributed by atoms with Gasteiger partial charge in [0.2, 0.25) is 0 Å². The van der Waals surface area contributed by atoms with Crippen LogP contribution < -0.4 is 10.1 Å². The van der Waals surface area contributed by atoms with E-state index < -0.39 is 0 Å². The van der Waals surface area contributed by atoms with Gasteiger partial charge in [0.15, 0.2) is 5.50 Å². The molecule has 4 rings (SSSR count). The average molecular weight is 487 g/mol. The van der Waals surface area contributed by atoms with Crippen LogP contribution in [0.15, 0.2) is 57.9 Å². The Morgan fingerprint density at radius 1 is 1.17 bits per heavy atom. The summed E-state index contributed by atoms with van der Waals surface area (Å²) in [6.45, 7) is 2.28. The number of ether oxygens (including phenoxy) is 1.